The summed E-state index contributed by atoms with van der Waals surface area (Å²) in [6.07, 6.45) is 0.596. The van der Waals surface area contributed by atoms with Gasteiger partial charge in [0.25, 0.3) is 6.01 Å². The van der Waals surface area contributed by atoms with Gasteiger partial charge in [-0.2, -0.15) is 4.98 Å². The average molecular weight is 476 g/mol. The molecule has 0 saturated carbocycles. The molecule has 2 heterocycles. The number of imidazole rings is 1. The van der Waals surface area contributed by atoms with Crippen LogP contribution >= 0.6 is 23.2 Å². The molecule has 0 aliphatic carbocycles. The highest BCUT2D eigenvalue weighted by molar-refractivity contribution is 6.42. The van der Waals surface area contributed by atoms with Crippen molar-refractivity contribution in [3.05, 3.63) is 58.1 Å². The molecule has 0 unspecified atom stereocenters. The van der Waals surface area contributed by atoms with Gasteiger partial charge in [-0.15, -0.1) is 0 Å². The number of likely N-dealkylation sites (tertiary alicyclic amines) is 1. The number of hydrogen-bond donors (Lipinski definition) is 0. The molecule has 8 heteroatoms. The third kappa shape index (κ3) is 5.30. The van der Waals surface area contributed by atoms with Crippen molar-refractivity contribution in [3.63, 3.8) is 0 Å². The van der Waals surface area contributed by atoms with Crippen molar-refractivity contribution < 1.29 is 14.3 Å². The van der Waals surface area contributed by atoms with Gasteiger partial charge in [0.15, 0.2) is 0 Å². The number of hydrogen-bond acceptors (Lipinski definition) is 4. The summed E-state index contributed by atoms with van der Waals surface area (Å²) in [5, 5.41) is 1.04. The van der Waals surface area contributed by atoms with Crippen molar-refractivity contribution in [1.29, 1.82) is 0 Å². The first-order chi connectivity index (χ1) is 15.2. The van der Waals surface area contributed by atoms with Crippen LogP contribution in [0.25, 0.3) is 11.0 Å². The van der Waals surface area contributed by atoms with E-state index in [2.05, 4.69) is 4.98 Å². The van der Waals surface area contributed by atoms with Gasteiger partial charge in [-0.1, -0.05) is 41.4 Å². The van der Waals surface area contributed by atoms with Crippen LogP contribution in [0.4, 0.5) is 4.79 Å². The van der Waals surface area contributed by atoms with E-state index in [1.807, 2.05) is 61.7 Å². The Morgan fingerprint density at radius 2 is 1.94 bits per heavy atom. The third-order valence-corrected chi connectivity index (χ3v) is 6.07. The lowest BCUT2D eigenvalue weighted by Gasteiger charge is -2.24. The number of benzene rings is 2. The number of amides is 1. The third-order valence-electron chi connectivity index (χ3n) is 5.33. The van der Waals surface area contributed by atoms with Crippen LogP contribution in [0.1, 0.15) is 32.8 Å². The Bertz CT molecular complexity index is 1120. The summed E-state index contributed by atoms with van der Waals surface area (Å²) in [7, 11) is 0. The predicted octanol–water partition coefficient (Wildman–Crippen LogP) is 6.03. The maximum absolute atomic E-state index is 12.3. The van der Waals surface area contributed by atoms with E-state index < -0.39 is 5.60 Å². The maximum Gasteiger partial charge on any atom is 0.410 e. The fraction of sp³-hybridized carbons (Fsp3) is 0.417. The van der Waals surface area contributed by atoms with Crippen LogP contribution < -0.4 is 4.74 Å². The van der Waals surface area contributed by atoms with Gasteiger partial charge < -0.3 is 14.4 Å². The second-order valence-corrected chi connectivity index (χ2v) is 9.92. The Hall–Kier alpha value is -2.44. The summed E-state index contributed by atoms with van der Waals surface area (Å²) >= 11 is 12.3. The fourth-order valence-electron chi connectivity index (χ4n) is 3.79. The minimum absolute atomic E-state index is 0.223. The van der Waals surface area contributed by atoms with Crippen LogP contribution in [0.15, 0.2) is 42.5 Å². The van der Waals surface area contributed by atoms with Gasteiger partial charge in [-0.3, -0.25) is 4.57 Å². The highest BCUT2D eigenvalue weighted by Gasteiger charge is 2.30. The molecule has 0 radical (unpaired) electrons. The zero-order chi connectivity index (χ0) is 22.9. The molecule has 1 saturated heterocycles. The van der Waals surface area contributed by atoms with Gasteiger partial charge in [-0.25, -0.2) is 4.79 Å². The largest absolute Gasteiger partial charge is 0.464 e. The summed E-state index contributed by atoms with van der Waals surface area (Å²) in [5.74, 6) is 0.223. The van der Waals surface area contributed by atoms with E-state index in [9.17, 15) is 4.79 Å². The summed E-state index contributed by atoms with van der Waals surface area (Å²) in [5.41, 5.74) is 2.35. The quantitative estimate of drug-likeness (QED) is 0.452. The minimum Gasteiger partial charge on any atom is -0.464 e. The van der Waals surface area contributed by atoms with E-state index in [-0.39, 0.29) is 12.0 Å². The van der Waals surface area contributed by atoms with E-state index in [0.717, 1.165) is 23.0 Å². The molecule has 4 rings (SSSR count). The summed E-state index contributed by atoms with van der Waals surface area (Å²) in [4.78, 5) is 18.8. The number of fused-ring (bicyclic) bond motifs is 1. The standard InChI is InChI=1S/C24H27Cl2N3O3/c1-24(2,3)32-23(30)28-11-10-17(13-28)15-31-22-27-20-6-4-5-7-21(20)29(22)14-16-8-9-18(25)19(26)12-16/h4-9,12,17H,10-11,13-15H2,1-3H3/t17-/m1/s1. The second kappa shape index (κ2) is 9.20. The number of rotatable bonds is 5. The zero-order valence-corrected chi connectivity index (χ0v) is 20.0. The molecule has 1 aromatic heterocycles. The number of carbonyl (C=O) groups is 1. The molecule has 1 aliphatic rings. The van der Waals surface area contributed by atoms with Crippen molar-refractivity contribution >= 4 is 40.3 Å². The van der Waals surface area contributed by atoms with E-state index in [0.29, 0.717) is 42.3 Å². The Morgan fingerprint density at radius 3 is 2.69 bits per heavy atom. The minimum atomic E-state index is -0.499. The molecule has 0 bridgehead atoms. The van der Waals surface area contributed by atoms with Crippen molar-refractivity contribution in [2.45, 2.75) is 39.3 Å². The number of halogens is 2. The molecule has 0 N–H and O–H groups in total. The number of carbonyl (C=O) groups excluding carboxylic acids is 1. The van der Waals surface area contributed by atoms with Crippen LogP contribution in [0, 0.1) is 5.92 Å². The molecular formula is C24H27Cl2N3O3. The van der Waals surface area contributed by atoms with Gasteiger partial charge in [0.2, 0.25) is 0 Å². The van der Waals surface area contributed by atoms with Crippen LogP contribution in [0.5, 0.6) is 6.01 Å². The van der Waals surface area contributed by atoms with Crippen LogP contribution in [0.2, 0.25) is 10.0 Å². The molecule has 1 fully saturated rings. The first-order valence-electron chi connectivity index (χ1n) is 10.7. The van der Waals surface area contributed by atoms with Gasteiger partial charge in [0.1, 0.15) is 5.60 Å². The van der Waals surface area contributed by atoms with E-state index in [1.54, 1.807) is 11.0 Å². The lowest BCUT2D eigenvalue weighted by Crippen LogP contribution is -2.35. The number of para-hydroxylation sites is 2. The van der Waals surface area contributed by atoms with Crippen LogP contribution in [-0.2, 0) is 11.3 Å². The molecule has 170 valence electrons. The Kier molecular flexibility index (Phi) is 6.54. The van der Waals surface area contributed by atoms with Crippen molar-refractivity contribution in [2.75, 3.05) is 19.7 Å². The molecule has 0 spiro atoms. The molecule has 1 amide bonds. The number of nitrogens with zero attached hydrogens (tertiary/aromatic N) is 3. The van der Waals surface area contributed by atoms with Crippen molar-refractivity contribution in [1.82, 2.24) is 14.5 Å². The van der Waals surface area contributed by atoms with Crippen molar-refractivity contribution in [2.24, 2.45) is 5.92 Å². The topological polar surface area (TPSA) is 56.6 Å². The van der Waals surface area contributed by atoms with Crippen LogP contribution in [0.3, 0.4) is 0 Å². The number of aromatic nitrogens is 2. The normalized spacial score (nSPS) is 16.5. The van der Waals surface area contributed by atoms with E-state index in [4.69, 9.17) is 32.7 Å². The molecule has 1 atom stereocenters. The first kappa shape index (κ1) is 22.7. The van der Waals surface area contributed by atoms with Gasteiger partial charge in [0, 0.05) is 19.0 Å². The van der Waals surface area contributed by atoms with Gasteiger partial charge >= 0.3 is 6.09 Å². The number of ether oxygens (including phenoxy) is 2. The van der Waals surface area contributed by atoms with Gasteiger partial charge in [0.05, 0.1) is 34.2 Å². The summed E-state index contributed by atoms with van der Waals surface area (Å²) in [6, 6.07) is 14.1. The Morgan fingerprint density at radius 1 is 1.16 bits per heavy atom. The Labute approximate surface area is 198 Å². The molecule has 6 nitrogen and oxygen atoms in total. The monoisotopic (exact) mass is 475 g/mol. The predicted molar refractivity (Wildman–Crippen MR) is 127 cm³/mol. The van der Waals surface area contributed by atoms with E-state index in [1.165, 1.54) is 0 Å². The van der Waals surface area contributed by atoms with Crippen molar-refractivity contribution in [3.8, 4) is 6.01 Å². The highest BCUT2D eigenvalue weighted by Crippen LogP contribution is 2.27. The second-order valence-electron chi connectivity index (χ2n) is 9.11. The first-order valence-corrected chi connectivity index (χ1v) is 11.4. The summed E-state index contributed by atoms with van der Waals surface area (Å²) in [6.45, 7) is 7.94. The van der Waals surface area contributed by atoms with Gasteiger partial charge in [-0.05, 0) is 57.0 Å². The SMILES string of the molecule is CC(C)(C)OC(=O)N1CC[C@@H](COc2nc3ccccc3n2Cc2ccc(Cl)c(Cl)c2)C1. The van der Waals surface area contributed by atoms with E-state index >= 15 is 0 Å². The maximum atomic E-state index is 12.3. The van der Waals surface area contributed by atoms with Crippen LogP contribution in [-0.4, -0.2) is 45.8 Å². The molecular weight excluding hydrogens is 449 g/mol. The highest BCUT2D eigenvalue weighted by atomic mass is 35.5. The molecule has 32 heavy (non-hydrogen) atoms. The molecule has 1 aliphatic heterocycles. The lowest BCUT2D eigenvalue weighted by molar-refractivity contribution is 0.0284. The smallest absolute Gasteiger partial charge is 0.410 e. The lowest BCUT2D eigenvalue weighted by atomic mass is 10.1. The average Bonchev–Trinajstić information content (AvgIpc) is 3.33. The Balaban J connectivity index is 1.47. The molecule has 2 aromatic carbocycles. The summed E-state index contributed by atoms with van der Waals surface area (Å²) < 4.78 is 13.7. The molecule has 3 aromatic rings. The fourth-order valence-corrected chi connectivity index (χ4v) is 4.11. The zero-order valence-electron chi connectivity index (χ0n) is 18.5.